The smallest absolute Gasteiger partial charge is 0.410 e. The van der Waals surface area contributed by atoms with E-state index < -0.39 is 0 Å². The summed E-state index contributed by atoms with van der Waals surface area (Å²) in [5.74, 6) is 0. The Kier molecular flexibility index (Phi) is 4.02. The van der Waals surface area contributed by atoms with Crippen molar-refractivity contribution in [1.29, 1.82) is 0 Å². The molecule has 0 spiro atoms. The lowest BCUT2D eigenvalue weighted by Gasteiger charge is -2.21. The first-order chi connectivity index (χ1) is 8.31. The summed E-state index contributed by atoms with van der Waals surface area (Å²) in [4.78, 5) is 13.7. The predicted octanol–water partition coefficient (Wildman–Crippen LogP) is 3.20. The molecule has 0 aromatic heterocycles. The van der Waals surface area contributed by atoms with E-state index in [0.29, 0.717) is 19.2 Å². The van der Waals surface area contributed by atoms with Crippen LogP contribution in [0.5, 0.6) is 0 Å². The molecule has 1 aliphatic rings. The molecule has 2 rings (SSSR count). The zero-order valence-corrected chi connectivity index (χ0v) is 10.3. The van der Waals surface area contributed by atoms with Gasteiger partial charge in [0.15, 0.2) is 0 Å². The fourth-order valence-electron chi connectivity index (χ4n) is 1.78. The maximum absolute atomic E-state index is 11.9. The molecule has 92 valence electrons. The summed E-state index contributed by atoms with van der Waals surface area (Å²) in [5, 5.41) is 0. The molecule has 3 heteroatoms. The van der Waals surface area contributed by atoms with Crippen LogP contribution in [0.25, 0.3) is 0 Å². The van der Waals surface area contributed by atoms with Gasteiger partial charge >= 0.3 is 6.09 Å². The summed E-state index contributed by atoms with van der Waals surface area (Å²) in [6.07, 6.45) is 2.91. The molecule has 1 aromatic rings. The Hall–Kier alpha value is -1.51. The van der Waals surface area contributed by atoms with Gasteiger partial charge in [-0.25, -0.2) is 4.79 Å². The maximum atomic E-state index is 11.9. The van der Waals surface area contributed by atoms with Gasteiger partial charge in [0.25, 0.3) is 0 Å². The number of carbonyl (C=O) groups is 1. The Morgan fingerprint density at radius 2 is 2.06 bits per heavy atom. The van der Waals surface area contributed by atoms with Gasteiger partial charge in [-0.2, -0.15) is 0 Å². The molecule has 1 aliphatic carbocycles. The van der Waals surface area contributed by atoms with Crippen molar-refractivity contribution in [2.45, 2.75) is 38.8 Å². The molecule has 1 saturated carbocycles. The highest BCUT2D eigenvalue weighted by atomic mass is 16.6. The van der Waals surface area contributed by atoms with Gasteiger partial charge in [-0.05, 0) is 24.8 Å². The summed E-state index contributed by atoms with van der Waals surface area (Å²) >= 11 is 0. The van der Waals surface area contributed by atoms with E-state index in [1.807, 2.05) is 42.2 Å². The molecule has 0 heterocycles. The lowest BCUT2D eigenvalue weighted by molar-refractivity contribution is 0.0970. The van der Waals surface area contributed by atoms with Crippen molar-refractivity contribution < 1.29 is 9.53 Å². The van der Waals surface area contributed by atoms with Gasteiger partial charge in [0.1, 0.15) is 0 Å². The Labute approximate surface area is 102 Å². The van der Waals surface area contributed by atoms with Crippen LogP contribution in [0, 0.1) is 0 Å². The summed E-state index contributed by atoms with van der Waals surface area (Å²) in [7, 11) is 0. The van der Waals surface area contributed by atoms with Crippen LogP contribution in [0.15, 0.2) is 30.3 Å². The summed E-state index contributed by atoms with van der Waals surface area (Å²) in [5.41, 5.74) is 1.16. The first-order valence-corrected chi connectivity index (χ1v) is 6.28. The lowest BCUT2D eigenvalue weighted by atomic mass is 10.2. The normalized spacial score (nSPS) is 14.4. The standard InChI is InChI=1S/C14H19NO2/c1-2-10-17-14(16)15(13-8-9-13)11-12-6-4-3-5-7-12/h3-7,13H,2,8-11H2,1H3. The second-order valence-corrected chi connectivity index (χ2v) is 4.46. The van der Waals surface area contributed by atoms with Crippen molar-refractivity contribution in [2.24, 2.45) is 0 Å². The lowest BCUT2D eigenvalue weighted by Crippen LogP contribution is -2.33. The molecule has 0 unspecified atom stereocenters. The van der Waals surface area contributed by atoms with Crippen molar-refractivity contribution in [3.8, 4) is 0 Å². The van der Waals surface area contributed by atoms with Crippen molar-refractivity contribution in [3.05, 3.63) is 35.9 Å². The molecule has 0 bridgehead atoms. The van der Waals surface area contributed by atoms with Crippen LogP contribution in [-0.4, -0.2) is 23.6 Å². The molecule has 3 nitrogen and oxygen atoms in total. The van der Waals surface area contributed by atoms with Crippen molar-refractivity contribution >= 4 is 6.09 Å². The van der Waals surface area contributed by atoms with E-state index in [4.69, 9.17) is 4.74 Å². The minimum absolute atomic E-state index is 0.168. The number of benzene rings is 1. The van der Waals surface area contributed by atoms with Crippen LogP contribution >= 0.6 is 0 Å². The third-order valence-electron chi connectivity index (χ3n) is 2.85. The van der Waals surface area contributed by atoms with Crippen LogP contribution in [0.2, 0.25) is 0 Å². The Morgan fingerprint density at radius 1 is 1.35 bits per heavy atom. The highest BCUT2D eigenvalue weighted by molar-refractivity contribution is 5.68. The molecular weight excluding hydrogens is 214 g/mol. The topological polar surface area (TPSA) is 29.5 Å². The van der Waals surface area contributed by atoms with E-state index in [1.54, 1.807) is 0 Å². The third kappa shape index (κ3) is 3.48. The molecule has 17 heavy (non-hydrogen) atoms. The number of rotatable bonds is 5. The first-order valence-electron chi connectivity index (χ1n) is 6.28. The second kappa shape index (κ2) is 5.71. The predicted molar refractivity (Wildman–Crippen MR) is 66.6 cm³/mol. The largest absolute Gasteiger partial charge is 0.449 e. The molecule has 0 atom stereocenters. The summed E-state index contributed by atoms with van der Waals surface area (Å²) in [6.45, 7) is 3.18. The van der Waals surface area contributed by atoms with Gasteiger partial charge < -0.3 is 9.64 Å². The number of hydrogen-bond donors (Lipinski definition) is 0. The first kappa shape index (κ1) is 12.0. The van der Waals surface area contributed by atoms with E-state index in [2.05, 4.69) is 0 Å². The highest BCUT2D eigenvalue weighted by Gasteiger charge is 2.33. The van der Waals surface area contributed by atoms with Crippen molar-refractivity contribution in [2.75, 3.05) is 6.61 Å². The molecule has 0 saturated heterocycles. The SMILES string of the molecule is CCCOC(=O)N(Cc1ccccc1)C1CC1. The number of nitrogens with zero attached hydrogens (tertiary/aromatic N) is 1. The zero-order chi connectivity index (χ0) is 12.1. The molecule has 0 N–H and O–H groups in total. The Morgan fingerprint density at radius 3 is 2.65 bits per heavy atom. The zero-order valence-electron chi connectivity index (χ0n) is 10.3. The van der Waals surface area contributed by atoms with E-state index >= 15 is 0 Å². The molecule has 1 fully saturated rings. The number of ether oxygens (including phenoxy) is 1. The number of carbonyl (C=O) groups excluding carboxylic acids is 1. The summed E-state index contributed by atoms with van der Waals surface area (Å²) in [6, 6.07) is 10.5. The average Bonchev–Trinajstić information content (AvgIpc) is 3.18. The van der Waals surface area contributed by atoms with Crippen molar-refractivity contribution in [1.82, 2.24) is 4.90 Å². The highest BCUT2D eigenvalue weighted by Crippen LogP contribution is 2.28. The van der Waals surface area contributed by atoms with Gasteiger partial charge in [0.2, 0.25) is 0 Å². The Bertz CT molecular complexity index is 360. The van der Waals surface area contributed by atoms with Crippen LogP contribution < -0.4 is 0 Å². The van der Waals surface area contributed by atoms with Gasteiger partial charge in [-0.15, -0.1) is 0 Å². The van der Waals surface area contributed by atoms with E-state index in [9.17, 15) is 4.79 Å². The minimum atomic E-state index is -0.168. The molecule has 1 amide bonds. The Balaban J connectivity index is 1.95. The fourth-order valence-corrected chi connectivity index (χ4v) is 1.78. The third-order valence-corrected chi connectivity index (χ3v) is 2.85. The maximum Gasteiger partial charge on any atom is 0.410 e. The van der Waals surface area contributed by atoms with Gasteiger partial charge in [0.05, 0.1) is 6.61 Å². The van der Waals surface area contributed by atoms with Gasteiger partial charge in [0, 0.05) is 12.6 Å². The number of hydrogen-bond acceptors (Lipinski definition) is 2. The van der Waals surface area contributed by atoms with E-state index in [0.717, 1.165) is 24.8 Å². The van der Waals surface area contributed by atoms with Gasteiger partial charge in [-0.1, -0.05) is 37.3 Å². The number of amides is 1. The molecular formula is C14H19NO2. The molecule has 0 radical (unpaired) electrons. The second-order valence-electron chi connectivity index (χ2n) is 4.46. The van der Waals surface area contributed by atoms with E-state index in [1.165, 1.54) is 0 Å². The van der Waals surface area contributed by atoms with E-state index in [-0.39, 0.29) is 6.09 Å². The van der Waals surface area contributed by atoms with Crippen LogP contribution in [0.3, 0.4) is 0 Å². The minimum Gasteiger partial charge on any atom is -0.449 e. The fraction of sp³-hybridized carbons (Fsp3) is 0.500. The monoisotopic (exact) mass is 233 g/mol. The van der Waals surface area contributed by atoms with Crippen molar-refractivity contribution in [3.63, 3.8) is 0 Å². The van der Waals surface area contributed by atoms with Crippen LogP contribution in [0.1, 0.15) is 31.7 Å². The van der Waals surface area contributed by atoms with Gasteiger partial charge in [-0.3, -0.25) is 0 Å². The van der Waals surface area contributed by atoms with Crippen LogP contribution in [-0.2, 0) is 11.3 Å². The quantitative estimate of drug-likeness (QED) is 0.781. The summed E-state index contributed by atoms with van der Waals surface area (Å²) < 4.78 is 5.21. The molecule has 1 aromatic carbocycles. The average molecular weight is 233 g/mol. The molecule has 0 aliphatic heterocycles. The van der Waals surface area contributed by atoms with Crippen LogP contribution in [0.4, 0.5) is 4.79 Å².